The fourth-order valence-electron chi connectivity index (χ4n) is 5.59. The Morgan fingerprint density at radius 1 is 1.05 bits per heavy atom. The van der Waals surface area contributed by atoms with Crippen molar-refractivity contribution in [2.24, 2.45) is 7.05 Å². The number of hydrogen-bond donors (Lipinski definition) is 0. The van der Waals surface area contributed by atoms with Crippen LogP contribution in [-0.2, 0) is 26.5 Å². The smallest absolute Gasteiger partial charge is 0.355 e. The summed E-state index contributed by atoms with van der Waals surface area (Å²) in [7, 11) is -0.971. The van der Waals surface area contributed by atoms with Crippen molar-refractivity contribution in [3.05, 3.63) is 89.9 Å². The number of nitrogens with zero attached hydrogens (tertiary/aromatic N) is 3. The number of para-hydroxylation sites is 1. The summed E-state index contributed by atoms with van der Waals surface area (Å²) in [4.78, 5) is 17.8. The van der Waals surface area contributed by atoms with Crippen molar-refractivity contribution in [3.8, 4) is 5.75 Å². The second kappa shape index (κ2) is 9.55. The molecule has 0 N–H and O–H groups in total. The first-order valence-electron chi connectivity index (χ1n) is 12.6. The highest BCUT2D eigenvalue weighted by atomic mass is 32.2. The van der Waals surface area contributed by atoms with Gasteiger partial charge in [-0.05, 0) is 37.3 Å². The van der Waals surface area contributed by atoms with Crippen molar-refractivity contribution >= 4 is 37.9 Å². The molecular weight excluding hydrogens is 518 g/mol. The number of carbonyl (C=O) groups is 1. The quantitative estimate of drug-likeness (QED) is 0.282. The van der Waals surface area contributed by atoms with E-state index in [2.05, 4.69) is 4.98 Å². The molecule has 1 aliphatic heterocycles. The maximum Gasteiger partial charge on any atom is 0.355 e. The first kappa shape index (κ1) is 25.1. The maximum absolute atomic E-state index is 14.2. The first-order chi connectivity index (χ1) is 18.9. The molecule has 6 rings (SSSR count). The highest BCUT2D eigenvalue weighted by Gasteiger charge is 2.42. The summed E-state index contributed by atoms with van der Waals surface area (Å²) < 4.78 is 49.0. The molecular formula is C29H27N3O6S. The zero-order chi connectivity index (χ0) is 27.3. The number of benzene rings is 2. The molecule has 2 aromatic carbocycles. The van der Waals surface area contributed by atoms with Crippen molar-refractivity contribution < 1.29 is 27.4 Å². The van der Waals surface area contributed by atoms with Crippen LogP contribution in [-0.4, -0.2) is 47.9 Å². The van der Waals surface area contributed by atoms with Gasteiger partial charge in [0.2, 0.25) is 6.29 Å². The molecule has 1 aliphatic rings. The fourth-order valence-corrected chi connectivity index (χ4v) is 7.14. The number of fused-ring (bicyclic) bond motifs is 4. The van der Waals surface area contributed by atoms with Gasteiger partial charge >= 0.3 is 5.97 Å². The van der Waals surface area contributed by atoms with Gasteiger partial charge < -0.3 is 18.8 Å². The lowest BCUT2D eigenvalue weighted by Gasteiger charge is -2.31. The maximum atomic E-state index is 14.2. The van der Waals surface area contributed by atoms with Gasteiger partial charge in [0.15, 0.2) is 11.4 Å². The minimum Gasteiger partial charge on any atom is -0.464 e. The van der Waals surface area contributed by atoms with Crippen LogP contribution < -0.4 is 4.74 Å². The van der Waals surface area contributed by atoms with Crippen molar-refractivity contribution in [1.82, 2.24) is 13.5 Å². The normalized spacial score (nSPS) is 17.2. The Hall–Kier alpha value is -4.15. The van der Waals surface area contributed by atoms with E-state index in [9.17, 15) is 13.2 Å². The lowest BCUT2D eigenvalue weighted by molar-refractivity contribution is -0.0888. The van der Waals surface area contributed by atoms with Crippen LogP contribution >= 0.6 is 0 Å². The number of hydrogen-bond acceptors (Lipinski definition) is 7. The van der Waals surface area contributed by atoms with Crippen LogP contribution in [0.1, 0.15) is 41.0 Å². The van der Waals surface area contributed by atoms with Gasteiger partial charge in [-0.15, -0.1) is 0 Å². The first-order valence-corrected chi connectivity index (χ1v) is 14.1. The minimum absolute atomic E-state index is 0.118. The zero-order valence-corrected chi connectivity index (χ0v) is 22.5. The molecule has 4 heterocycles. The molecule has 0 bridgehead atoms. The lowest BCUT2D eigenvalue weighted by atomic mass is 9.87. The number of carbonyl (C=O) groups excluding carboxylic acids is 1. The average molecular weight is 546 g/mol. The number of aromatic nitrogens is 3. The van der Waals surface area contributed by atoms with E-state index in [1.54, 1.807) is 60.3 Å². The van der Waals surface area contributed by atoms with Gasteiger partial charge in [0.1, 0.15) is 5.69 Å². The van der Waals surface area contributed by atoms with Gasteiger partial charge in [-0.25, -0.2) is 22.2 Å². The number of methoxy groups -OCH3 is 1. The molecule has 2 unspecified atom stereocenters. The van der Waals surface area contributed by atoms with Crippen molar-refractivity contribution in [3.63, 3.8) is 0 Å². The highest BCUT2D eigenvalue weighted by molar-refractivity contribution is 7.90. The third-order valence-electron chi connectivity index (χ3n) is 7.19. The third kappa shape index (κ3) is 3.82. The van der Waals surface area contributed by atoms with Crippen LogP contribution in [0.4, 0.5) is 0 Å². The Morgan fingerprint density at radius 2 is 1.77 bits per heavy atom. The number of esters is 1. The summed E-state index contributed by atoms with van der Waals surface area (Å²) in [6.45, 7) is 2.27. The van der Waals surface area contributed by atoms with Crippen molar-refractivity contribution in [1.29, 1.82) is 0 Å². The Bertz CT molecular complexity index is 1820. The van der Waals surface area contributed by atoms with E-state index in [-0.39, 0.29) is 17.0 Å². The monoisotopic (exact) mass is 545 g/mol. The molecule has 0 radical (unpaired) electrons. The second-order valence-electron chi connectivity index (χ2n) is 9.29. The van der Waals surface area contributed by atoms with E-state index in [0.29, 0.717) is 34.7 Å². The molecule has 10 heteroatoms. The molecule has 0 amide bonds. The number of aryl methyl sites for hydroxylation is 1. The van der Waals surface area contributed by atoms with E-state index in [1.165, 1.54) is 11.1 Å². The third-order valence-corrected chi connectivity index (χ3v) is 8.91. The van der Waals surface area contributed by atoms with Gasteiger partial charge in [-0.3, -0.25) is 0 Å². The average Bonchev–Trinajstić information content (AvgIpc) is 3.46. The van der Waals surface area contributed by atoms with E-state index in [4.69, 9.17) is 14.2 Å². The molecule has 9 nitrogen and oxygen atoms in total. The van der Waals surface area contributed by atoms with Gasteiger partial charge in [0.25, 0.3) is 10.0 Å². The topological polar surface area (TPSA) is 102 Å². The predicted octanol–water partition coefficient (Wildman–Crippen LogP) is 4.83. The standard InChI is InChI=1S/C29H27N3O6S/c1-4-37-23-17-21(24-19-13-8-9-15-22(19)31(2)26(24)29(33)36-3)25-27(38-23)20-14-10-16-30-28(20)32(25)39(34,35)18-11-6-5-7-12-18/h5-16,21,23H,4,17H2,1-3H3. The fraction of sp³-hybridized carbons (Fsp3) is 0.241. The van der Waals surface area contributed by atoms with E-state index in [0.717, 1.165) is 10.9 Å². The van der Waals surface area contributed by atoms with E-state index in [1.807, 2.05) is 31.2 Å². The number of ether oxygens (including phenoxy) is 3. The van der Waals surface area contributed by atoms with Crippen molar-refractivity contribution in [2.45, 2.75) is 30.4 Å². The van der Waals surface area contributed by atoms with E-state index < -0.39 is 28.2 Å². The van der Waals surface area contributed by atoms with Crippen LogP contribution in [0.3, 0.4) is 0 Å². The summed E-state index contributed by atoms with van der Waals surface area (Å²) in [6.07, 6.45) is 1.16. The molecule has 5 aromatic rings. The number of pyridine rings is 1. The van der Waals surface area contributed by atoms with Gasteiger partial charge in [0, 0.05) is 48.7 Å². The molecule has 3 aromatic heterocycles. The van der Waals surface area contributed by atoms with Crippen LogP contribution in [0.2, 0.25) is 0 Å². The molecule has 0 aliphatic carbocycles. The summed E-state index contributed by atoms with van der Waals surface area (Å²) in [5.41, 5.74) is 2.45. The van der Waals surface area contributed by atoms with Crippen LogP contribution in [0, 0.1) is 0 Å². The summed E-state index contributed by atoms with van der Waals surface area (Å²) in [5.74, 6) is -0.745. The summed E-state index contributed by atoms with van der Waals surface area (Å²) in [6, 6.07) is 19.4. The van der Waals surface area contributed by atoms with E-state index >= 15 is 0 Å². The van der Waals surface area contributed by atoms with Gasteiger partial charge in [0.05, 0.1) is 23.1 Å². The lowest BCUT2D eigenvalue weighted by Crippen LogP contribution is -2.31. The molecule has 200 valence electrons. The minimum atomic E-state index is -4.11. The Labute approximate surface area is 225 Å². The Kier molecular flexibility index (Phi) is 6.16. The largest absolute Gasteiger partial charge is 0.464 e. The van der Waals surface area contributed by atoms with Crippen LogP contribution in [0.25, 0.3) is 21.9 Å². The van der Waals surface area contributed by atoms with Crippen molar-refractivity contribution in [2.75, 3.05) is 13.7 Å². The summed E-state index contributed by atoms with van der Waals surface area (Å²) >= 11 is 0. The molecule has 2 atom stereocenters. The van der Waals surface area contributed by atoms with Crippen LogP contribution in [0.5, 0.6) is 5.75 Å². The SMILES string of the molecule is CCOC1CC(c2c(C(=O)OC)n(C)c3ccccc23)c2c(c3cccnc3n2S(=O)(=O)c2ccccc2)O1. The predicted molar refractivity (Wildman–Crippen MR) is 146 cm³/mol. The molecule has 0 saturated carbocycles. The molecule has 0 spiro atoms. The molecule has 39 heavy (non-hydrogen) atoms. The Balaban J connectivity index is 1.74. The molecule has 0 fully saturated rings. The highest BCUT2D eigenvalue weighted by Crippen LogP contribution is 2.50. The number of rotatable bonds is 6. The second-order valence-corrected chi connectivity index (χ2v) is 11.1. The summed E-state index contributed by atoms with van der Waals surface area (Å²) in [5, 5.41) is 1.36. The van der Waals surface area contributed by atoms with Gasteiger partial charge in [-0.1, -0.05) is 36.4 Å². The van der Waals surface area contributed by atoms with Gasteiger partial charge in [-0.2, -0.15) is 0 Å². The Morgan fingerprint density at radius 3 is 2.51 bits per heavy atom. The van der Waals surface area contributed by atoms with Crippen LogP contribution in [0.15, 0.2) is 77.8 Å². The zero-order valence-electron chi connectivity index (χ0n) is 21.7. The molecule has 0 saturated heterocycles.